The molecule has 2 N–H and O–H groups in total. The van der Waals surface area contributed by atoms with Gasteiger partial charge in [0.2, 0.25) is 0 Å². The average molecular weight is 341 g/mol. The first-order valence-corrected chi connectivity index (χ1v) is 8.73. The molecule has 0 heterocycles. The van der Waals surface area contributed by atoms with Crippen LogP contribution in [0, 0.1) is 0 Å². The number of carbonyl (C=O) groups excluding carboxylic acids is 1. The molecule has 5 heteroatoms. The third-order valence-corrected chi connectivity index (χ3v) is 4.14. The Morgan fingerprint density at radius 3 is 2.20 bits per heavy atom. The minimum Gasteiger partial charge on any atom is -0.334 e. The fraction of sp³-hybridized carbons (Fsp3) is 0.350. The van der Waals surface area contributed by atoms with Crippen molar-refractivity contribution in [1.82, 2.24) is 15.7 Å². The normalized spacial score (nSPS) is 12.0. The Bertz CT molecular complexity index is 615. The number of carbonyl (C=O) groups is 1. The Labute approximate surface area is 149 Å². The zero-order valence-corrected chi connectivity index (χ0v) is 14.9. The number of hydrogen-bond acceptors (Lipinski definition) is 3. The molecule has 25 heavy (non-hydrogen) atoms. The summed E-state index contributed by atoms with van der Waals surface area (Å²) >= 11 is 0. The molecule has 0 aliphatic heterocycles. The van der Waals surface area contributed by atoms with E-state index < -0.39 is 0 Å². The van der Waals surface area contributed by atoms with E-state index in [-0.39, 0.29) is 12.1 Å². The maximum atomic E-state index is 12.0. The van der Waals surface area contributed by atoms with E-state index in [1.807, 2.05) is 48.5 Å². The number of nitrogens with one attached hydrogen (secondary N) is 2. The van der Waals surface area contributed by atoms with Crippen LogP contribution < -0.4 is 10.8 Å². The molecular weight excluding hydrogens is 314 g/mol. The number of hydrogen-bond donors (Lipinski definition) is 2. The summed E-state index contributed by atoms with van der Waals surface area (Å²) in [6.07, 6.45) is 0. The Balaban J connectivity index is 1.83. The molecule has 2 amide bonds. The molecule has 2 aromatic carbocycles. The summed E-state index contributed by atoms with van der Waals surface area (Å²) in [4.78, 5) is 19.6. The van der Waals surface area contributed by atoms with Crippen molar-refractivity contribution < 1.29 is 9.63 Å². The average Bonchev–Trinajstić information content (AvgIpc) is 2.66. The second-order valence-corrected chi connectivity index (χ2v) is 5.73. The van der Waals surface area contributed by atoms with Crippen molar-refractivity contribution in [2.45, 2.75) is 26.5 Å². The first-order chi connectivity index (χ1) is 12.2. The minimum atomic E-state index is -0.330. The fourth-order valence-corrected chi connectivity index (χ4v) is 2.78. The summed E-state index contributed by atoms with van der Waals surface area (Å²) in [7, 11) is 0. The standard InChI is InChI=1S/C20H27N3O2/c1-3-23(4-2)19(18-13-9-6-10-14-18)15-21-20(24)22-25-16-17-11-7-5-8-12-17/h5-14,19H,3-4,15-16H2,1-2H3,(H2,21,22,24). The van der Waals surface area contributed by atoms with Crippen LogP contribution in [0.5, 0.6) is 0 Å². The van der Waals surface area contributed by atoms with Gasteiger partial charge in [0.15, 0.2) is 0 Å². The molecule has 134 valence electrons. The van der Waals surface area contributed by atoms with Crippen LogP contribution in [0.3, 0.4) is 0 Å². The van der Waals surface area contributed by atoms with Gasteiger partial charge in [0, 0.05) is 6.54 Å². The second-order valence-electron chi connectivity index (χ2n) is 5.73. The Morgan fingerprint density at radius 2 is 1.60 bits per heavy atom. The smallest absolute Gasteiger partial charge is 0.334 e. The van der Waals surface area contributed by atoms with Crippen molar-refractivity contribution in [3.8, 4) is 0 Å². The second kappa shape index (κ2) is 10.5. The fourth-order valence-electron chi connectivity index (χ4n) is 2.78. The Hall–Kier alpha value is -2.37. The molecule has 2 aromatic rings. The van der Waals surface area contributed by atoms with Gasteiger partial charge < -0.3 is 5.32 Å². The van der Waals surface area contributed by atoms with Crippen LogP contribution in [0.1, 0.15) is 31.0 Å². The van der Waals surface area contributed by atoms with E-state index in [2.05, 4.69) is 41.7 Å². The van der Waals surface area contributed by atoms with Gasteiger partial charge in [-0.3, -0.25) is 9.74 Å². The van der Waals surface area contributed by atoms with Crippen molar-refractivity contribution in [2.75, 3.05) is 19.6 Å². The van der Waals surface area contributed by atoms with Crippen molar-refractivity contribution in [3.05, 3.63) is 71.8 Å². The zero-order valence-electron chi connectivity index (χ0n) is 14.9. The van der Waals surface area contributed by atoms with Gasteiger partial charge in [-0.25, -0.2) is 10.3 Å². The molecule has 2 rings (SSSR count). The zero-order chi connectivity index (χ0) is 17.9. The van der Waals surface area contributed by atoms with Gasteiger partial charge >= 0.3 is 6.03 Å². The van der Waals surface area contributed by atoms with Crippen LogP contribution in [0.2, 0.25) is 0 Å². The van der Waals surface area contributed by atoms with Gasteiger partial charge in [-0.1, -0.05) is 74.5 Å². The van der Waals surface area contributed by atoms with E-state index in [9.17, 15) is 4.79 Å². The predicted molar refractivity (Wildman–Crippen MR) is 99.9 cm³/mol. The topological polar surface area (TPSA) is 53.6 Å². The number of nitrogens with zero attached hydrogens (tertiary/aromatic N) is 1. The van der Waals surface area contributed by atoms with Gasteiger partial charge in [0.05, 0.1) is 12.6 Å². The van der Waals surface area contributed by atoms with Crippen molar-refractivity contribution in [1.29, 1.82) is 0 Å². The van der Waals surface area contributed by atoms with E-state index in [4.69, 9.17) is 4.84 Å². The SMILES string of the molecule is CCN(CC)C(CNC(=O)NOCc1ccccc1)c1ccccc1. The summed E-state index contributed by atoms with van der Waals surface area (Å²) in [6.45, 7) is 6.96. The third-order valence-electron chi connectivity index (χ3n) is 4.14. The van der Waals surface area contributed by atoms with Gasteiger partial charge in [0.1, 0.15) is 0 Å². The number of rotatable bonds is 9. The number of likely N-dealkylation sites (N-methyl/N-ethyl adjacent to an activating group) is 1. The lowest BCUT2D eigenvalue weighted by molar-refractivity contribution is 0.0483. The molecule has 0 fully saturated rings. The van der Waals surface area contributed by atoms with Crippen LogP contribution in [0.15, 0.2) is 60.7 Å². The maximum Gasteiger partial charge on any atom is 0.338 e. The van der Waals surface area contributed by atoms with Gasteiger partial charge in [0.25, 0.3) is 0 Å². The van der Waals surface area contributed by atoms with Crippen LogP contribution in [-0.4, -0.2) is 30.6 Å². The molecular formula is C20H27N3O2. The van der Waals surface area contributed by atoms with Gasteiger partial charge in [-0.2, -0.15) is 0 Å². The van der Waals surface area contributed by atoms with Gasteiger partial charge in [-0.05, 0) is 24.2 Å². The lowest BCUT2D eigenvalue weighted by Crippen LogP contribution is -2.42. The number of hydroxylamine groups is 1. The minimum absolute atomic E-state index is 0.135. The summed E-state index contributed by atoms with van der Waals surface area (Å²) in [5.41, 5.74) is 4.64. The lowest BCUT2D eigenvalue weighted by atomic mass is 10.1. The van der Waals surface area contributed by atoms with E-state index in [1.54, 1.807) is 0 Å². The highest BCUT2D eigenvalue weighted by atomic mass is 16.7. The first-order valence-electron chi connectivity index (χ1n) is 8.73. The molecule has 0 bridgehead atoms. The van der Waals surface area contributed by atoms with E-state index >= 15 is 0 Å². The Kier molecular flexibility index (Phi) is 7.95. The monoisotopic (exact) mass is 341 g/mol. The largest absolute Gasteiger partial charge is 0.338 e. The Morgan fingerprint density at radius 1 is 1.00 bits per heavy atom. The maximum absolute atomic E-state index is 12.0. The van der Waals surface area contributed by atoms with E-state index in [0.717, 1.165) is 18.7 Å². The summed E-state index contributed by atoms with van der Waals surface area (Å²) in [5.74, 6) is 0. The summed E-state index contributed by atoms with van der Waals surface area (Å²) in [6, 6.07) is 19.8. The molecule has 1 unspecified atom stereocenters. The first kappa shape index (κ1) is 19.0. The molecule has 0 saturated carbocycles. The van der Waals surface area contributed by atoms with Crippen molar-refractivity contribution in [3.63, 3.8) is 0 Å². The van der Waals surface area contributed by atoms with E-state index in [0.29, 0.717) is 13.2 Å². The van der Waals surface area contributed by atoms with Gasteiger partial charge in [-0.15, -0.1) is 0 Å². The van der Waals surface area contributed by atoms with Crippen molar-refractivity contribution >= 4 is 6.03 Å². The van der Waals surface area contributed by atoms with Crippen LogP contribution in [-0.2, 0) is 11.4 Å². The lowest BCUT2D eigenvalue weighted by Gasteiger charge is -2.30. The number of benzene rings is 2. The highest BCUT2D eigenvalue weighted by molar-refractivity contribution is 5.72. The molecule has 0 aliphatic rings. The number of urea groups is 1. The quantitative estimate of drug-likeness (QED) is 0.686. The van der Waals surface area contributed by atoms with E-state index in [1.165, 1.54) is 5.56 Å². The summed E-state index contributed by atoms with van der Waals surface area (Å²) < 4.78 is 0. The summed E-state index contributed by atoms with van der Waals surface area (Å²) in [5, 5.41) is 2.90. The van der Waals surface area contributed by atoms with Crippen molar-refractivity contribution in [2.24, 2.45) is 0 Å². The van der Waals surface area contributed by atoms with Crippen LogP contribution >= 0.6 is 0 Å². The molecule has 1 atom stereocenters. The van der Waals surface area contributed by atoms with Crippen LogP contribution in [0.25, 0.3) is 0 Å². The molecule has 0 aliphatic carbocycles. The molecule has 0 radical (unpaired) electrons. The number of amides is 2. The predicted octanol–water partition coefficient (Wildman–Crippen LogP) is 3.50. The van der Waals surface area contributed by atoms with Crippen LogP contribution in [0.4, 0.5) is 4.79 Å². The highest BCUT2D eigenvalue weighted by Crippen LogP contribution is 2.19. The molecule has 0 saturated heterocycles. The molecule has 5 nitrogen and oxygen atoms in total. The highest BCUT2D eigenvalue weighted by Gasteiger charge is 2.18. The third kappa shape index (κ3) is 6.21. The molecule has 0 aromatic heterocycles. The molecule has 0 spiro atoms.